The number of piperazine rings is 1. The monoisotopic (exact) mass is 596 g/mol. The average Bonchev–Trinajstić information content (AvgIpc) is 3.44. The molecule has 218 valence electrons. The van der Waals surface area contributed by atoms with Gasteiger partial charge in [-0.15, -0.1) is 0 Å². The lowest BCUT2D eigenvalue weighted by molar-refractivity contribution is -0.118. The number of nitrogens with zero attached hydrogens (tertiary/aromatic N) is 3. The van der Waals surface area contributed by atoms with Gasteiger partial charge in [0.15, 0.2) is 0 Å². The Morgan fingerprint density at radius 2 is 1.58 bits per heavy atom. The second kappa shape index (κ2) is 12.5. The Balaban J connectivity index is 1.16. The fourth-order valence-electron chi connectivity index (χ4n) is 5.39. The first-order chi connectivity index (χ1) is 20.9. The molecule has 1 aliphatic heterocycles. The second-order valence-electron chi connectivity index (χ2n) is 10.4. The number of fused-ring (bicyclic) bond motifs is 1. The van der Waals surface area contributed by atoms with Crippen molar-refractivity contribution in [2.45, 2.75) is 12.5 Å². The lowest BCUT2D eigenvalue weighted by Crippen LogP contribution is -2.46. The minimum atomic E-state index is -0.958. The maximum atomic E-state index is 15.4. The van der Waals surface area contributed by atoms with Crippen molar-refractivity contribution in [2.24, 2.45) is 0 Å². The number of benzene rings is 3. The van der Waals surface area contributed by atoms with Crippen LogP contribution < -0.4 is 20.4 Å². The Kier molecular flexibility index (Phi) is 8.24. The third kappa shape index (κ3) is 6.47. The molecule has 1 fully saturated rings. The van der Waals surface area contributed by atoms with Gasteiger partial charge in [-0.05, 0) is 66.2 Å². The summed E-state index contributed by atoms with van der Waals surface area (Å²) in [4.78, 5) is 38.3. The predicted octanol–water partition coefficient (Wildman–Crippen LogP) is 5.66. The van der Waals surface area contributed by atoms with E-state index in [9.17, 15) is 9.59 Å². The van der Waals surface area contributed by atoms with Gasteiger partial charge in [0.05, 0.1) is 5.56 Å². The Morgan fingerprint density at radius 3 is 2.30 bits per heavy atom. The van der Waals surface area contributed by atoms with E-state index >= 15 is 4.39 Å². The SMILES string of the molecule is O=C(N[C@H](Cc1c[nH]c2ccccc12)C(=O)Nc1ccncc1)c1ccc(N2CCN(c3ccc(Cl)cc3)CC2)cc1F. The molecule has 10 heteroatoms. The molecule has 8 nitrogen and oxygen atoms in total. The average molecular weight is 597 g/mol. The summed E-state index contributed by atoms with van der Waals surface area (Å²) < 4.78 is 15.4. The maximum Gasteiger partial charge on any atom is 0.254 e. The van der Waals surface area contributed by atoms with Crippen LogP contribution in [-0.4, -0.2) is 54.0 Å². The molecule has 0 saturated carbocycles. The lowest BCUT2D eigenvalue weighted by Gasteiger charge is -2.37. The van der Waals surface area contributed by atoms with Gasteiger partial charge in [0.2, 0.25) is 5.91 Å². The largest absolute Gasteiger partial charge is 0.368 e. The highest BCUT2D eigenvalue weighted by Crippen LogP contribution is 2.25. The molecule has 0 spiro atoms. The highest BCUT2D eigenvalue weighted by Gasteiger charge is 2.26. The summed E-state index contributed by atoms with van der Waals surface area (Å²) in [6.07, 6.45) is 5.17. The van der Waals surface area contributed by atoms with Gasteiger partial charge in [-0.2, -0.15) is 0 Å². The molecule has 3 N–H and O–H groups in total. The van der Waals surface area contributed by atoms with Crippen molar-refractivity contribution in [2.75, 3.05) is 41.3 Å². The van der Waals surface area contributed by atoms with Crippen molar-refractivity contribution in [1.29, 1.82) is 0 Å². The van der Waals surface area contributed by atoms with Crippen molar-refractivity contribution in [1.82, 2.24) is 15.3 Å². The second-order valence-corrected chi connectivity index (χ2v) is 10.9. The summed E-state index contributed by atoms with van der Waals surface area (Å²) in [5, 5.41) is 7.25. The van der Waals surface area contributed by atoms with E-state index in [4.69, 9.17) is 11.6 Å². The number of aromatic nitrogens is 2. The van der Waals surface area contributed by atoms with Crippen LogP contribution in [0.15, 0.2) is 97.5 Å². The van der Waals surface area contributed by atoms with E-state index in [1.54, 1.807) is 30.6 Å². The third-order valence-electron chi connectivity index (χ3n) is 7.70. The molecule has 3 heterocycles. The Bertz CT molecular complexity index is 1740. The molecule has 1 atom stereocenters. The van der Waals surface area contributed by atoms with Gasteiger partial charge in [0, 0.05) is 84.2 Å². The first-order valence-electron chi connectivity index (χ1n) is 14.1. The van der Waals surface area contributed by atoms with Crippen molar-refractivity contribution in [3.05, 3.63) is 119 Å². The Morgan fingerprint density at radius 1 is 0.907 bits per heavy atom. The van der Waals surface area contributed by atoms with Crippen LogP contribution in [0.4, 0.5) is 21.5 Å². The lowest BCUT2D eigenvalue weighted by atomic mass is 10.0. The zero-order valence-electron chi connectivity index (χ0n) is 23.3. The molecule has 43 heavy (non-hydrogen) atoms. The van der Waals surface area contributed by atoms with Gasteiger partial charge in [-0.3, -0.25) is 14.6 Å². The number of anilines is 3. The number of para-hydroxylation sites is 1. The van der Waals surface area contributed by atoms with Crippen LogP contribution in [0, 0.1) is 5.82 Å². The number of pyridine rings is 1. The van der Waals surface area contributed by atoms with Crippen molar-refractivity contribution >= 4 is 51.4 Å². The molecule has 0 unspecified atom stereocenters. The van der Waals surface area contributed by atoms with Crippen LogP contribution in [0.3, 0.4) is 0 Å². The summed E-state index contributed by atoms with van der Waals surface area (Å²) in [5.41, 5.74) is 4.01. The van der Waals surface area contributed by atoms with Gasteiger partial charge in [0.1, 0.15) is 11.9 Å². The highest BCUT2D eigenvalue weighted by atomic mass is 35.5. The highest BCUT2D eigenvalue weighted by molar-refractivity contribution is 6.30. The summed E-state index contributed by atoms with van der Waals surface area (Å²) in [6, 6.07) is 22.4. The van der Waals surface area contributed by atoms with Gasteiger partial charge >= 0.3 is 0 Å². The van der Waals surface area contributed by atoms with E-state index in [1.807, 2.05) is 54.7 Å². The smallest absolute Gasteiger partial charge is 0.254 e. The van der Waals surface area contributed by atoms with Crippen molar-refractivity contribution in [3.63, 3.8) is 0 Å². The minimum absolute atomic E-state index is 0.121. The van der Waals surface area contributed by atoms with Crippen LogP contribution in [0.25, 0.3) is 10.9 Å². The van der Waals surface area contributed by atoms with Crippen LogP contribution in [-0.2, 0) is 11.2 Å². The van der Waals surface area contributed by atoms with Crippen LogP contribution in [0.2, 0.25) is 5.02 Å². The molecular formula is C33H30ClFN6O2. The van der Waals surface area contributed by atoms with Crippen LogP contribution in [0.5, 0.6) is 0 Å². The van der Waals surface area contributed by atoms with Gasteiger partial charge < -0.3 is 25.4 Å². The number of halogens is 2. The number of amides is 2. The number of H-pyrrole nitrogens is 1. The zero-order valence-corrected chi connectivity index (χ0v) is 24.0. The van der Waals surface area contributed by atoms with E-state index in [2.05, 4.69) is 30.4 Å². The first-order valence-corrected chi connectivity index (χ1v) is 14.4. The molecule has 6 rings (SSSR count). The zero-order chi connectivity index (χ0) is 29.8. The Labute approximate surface area is 253 Å². The van der Waals surface area contributed by atoms with Crippen molar-refractivity contribution in [3.8, 4) is 0 Å². The number of nitrogens with one attached hydrogen (secondary N) is 3. The van der Waals surface area contributed by atoms with Crippen molar-refractivity contribution < 1.29 is 14.0 Å². The van der Waals surface area contributed by atoms with Crippen LogP contribution >= 0.6 is 11.6 Å². The number of hydrogen-bond acceptors (Lipinski definition) is 5. The number of carbonyl (C=O) groups is 2. The fourth-order valence-corrected chi connectivity index (χ4v) is 5.52. The molecule has 1 saturated heterocycles. The molecule has 0 bridgehead atoms. The van der Waals surface area contributed by atoms with Gasteiger partial charge in [-0.25, -0.2) is 4.39 Å². The van der Waals surface area contributed by atoms with E-state index < -0.39 is 23.7 Å². The van der Waals surface area contributed by atoms with Crippen LogP contribution in [0.1, 0.15) is 15.9 Å². The molecule has 0 aliphatic carbocycles. The topological polar surface area (TPSA) is 93.4 Å². The molecule has 2 amide bonds. The van der Waals surface area contributed by atoms with E-state index in [0.29, 0.717) is 29.5 Å². The van der Waals surface area contributed by atoms with E-state index in [0.717, 1.165) is 35.2 Å². The minimum Gasteiger partial charge on any atom is -0.368 e. The molecule has 2 aromatic heterocycles. The van der Waals surface area contributed by atoms with E-state index in [1.165, 1.54) is 12.1 Å². The Hall–Kier alpha value is -4.89. The van der Waals surface area contributed by atoms with E-state index in [-0.39, 0.29) is 12.0 Å². The maximum absolute atomic E-state index is 15.4. The first kappa shape index (κ1) is 28.2. The number of hydrogen-bond donors (Lipinski definition) is 3. The summed E-state index contributed by atoms with van der Waals surface area (Å²) in [6.45, 7) is 2.95. The molecule has 1 aliphatic rings. The number of aromatic amines is 1. The standard InChI is InChI=1S/C33H30ClFN6O2/c34-23-5-7-25(8-6-23)40-15-17-41(18-16-40)26-9-10-28(29(35)20-26)32(42)39-31(33(43)38-24-11-13-36-14-12-24)19-22-21-37-30-4-2-1-3-27(22)30/h1-14,20-21,31,37H,15-19H2,(H,39,42)(H,36,38,43)/t31-/m1/s1. The fraction of sp³-hybridized carbons (Fsp3) is 0.182. The molecular weight excluding hydrogens is 567 g/mol. The summed E-state index contributed by atoms with van der Waals surface area (Å²) in [5.74, 6) is -1.72. The molecule has 3 aromatic carbocycles. The molecule has 5 aromatic rings. The third-order valence-corrected chi connectivity index (χ3v) is 7.95. The molecule has 0 radical (unpaired) electrons. The summed E-state index contributed by atoms with van der Waals surface area (Å²) in [7, 11) is 0. The van der Waals surface area contributed by atoms with Gasteiger partial charge in [-0.1, -0.05) is 29.8 Å². The van der Waals surface area contributed by atoms with Gasteiger partial charge in [0.25, 0.3) is 5.91 Å². The summed E-state index contributed by atoms with van der Waals surface area (Å²) >= 11 is 6.02. The predicted molar refractivity (Wildman–Crippen MR) is 168 cm³/mol. The normalized spacial score (nSPS) is 14.0. The number of rotatable bonds is 8. The number of carbonyl (C=O) groups excluding carboxylic acids is 2. The quantitative estimate of drug-likeness (QED) is 0.215.